The SMILES string of the molecule is Nc1c(-c2cccc(I)c2)nc2c(Cl)cccn12. The van der Waals surface area contributed by atoms with Gasteiger partial charge in [0.2, 0.25) is 0 Å². The van der Waals surface area contributed by atoms with Gasteiger partial charge in [0, 0.05) is 15.3 Å². The van der Waals surface area contributed by atoms with Crippen molar-refractivity contribution in [3.63, 3.8) is 0 Å². The number of hydrogen-bond acceptors (Lipinski definition) is 2. The van der Waals surface area contributed by atoms with Gasteiger partial charge in [0.1, 0.15) is 11.5 Å². The summed E-state index contributed by atoms with van der Waals surface area (Å²) in [5.74, 6) is 0.606. The Kier molecular flexibility index (Phi) is 2.91. The van der Waals surface area contributed by atoms with Crippen molar-refractivity contribution >= 4 is 45.7 Å². The third-order valence-electron chi connectivity index (χ3n) is 2.74. The Balaban J connectivity index is 2.30. The molecule has 1 aromatic carbocycles. The molecule has 3 nitrogen and oxygen atoms in total. The Morgan fingerprint density at radius 3 is 2.78 bits per heavy atom. The van der Waals surface area contributed by atoms with Crippen molar-refractivity contribution in [3.05, 3.63) is 51.2 Å². The number of nitrogens with zero attached hydrogens (tertiary/aromatic N) is 2. The van der Waals surface area contributed by atoms with E-state index in [1.807, 2.05) is 42.6 Å². The maximum absolute atomic E-state index is 6.13. The Morgan fingerprint density at radius 2 is 2.06 bits per heavy atom. The minimum absolute atomic E-state index is 0.598. The first-order valence-corrected chi connectivity index (χ1v) is 6.80. The molecule has 0 atom stereocenters. The van der Waals surface area contributed by atoms with Gasteiger partial charge < -0.3 is 5.73 Å². The van der Waals surface area contributed by atoms with Gasteiger partial charge in [0.05, 0.1) is 5.02 Å². The molecule has 0 fully saturated rings. The van der Waals surface area contributed by atoms with Crippen molar-refractivity contribution in [2.45, 2.75) is 0 Å². The summed E-state index contributed by atoms with van der Waals surface area (Å²) in [6, 6.07) is 11.7. The maximum Gasteiger partial charge on any atom is 0.157 e. The van der Waals surface area contributed by atoms with Crippen molar-refractivity contribution in [1.29, 1.82) is 0 Å². The second kappa shape index (κ2) is 4.44. The van der Waals surface area contributed by atoms with Gasteiger partial charge in [0.15, 0.2) is 5.65 Å². The fourth-order valence-corrected chi connectivity index (χ4v) is 2.65. The molecule has 0 aliphatic heterocycles. The van der Waals surface area contributed by atoms with Crippen molar-refractivity contribution in [3.8, 4) is 11.3 Å². The Labute approximate surface area is 123 Å². The van der Waals surface area contributed by atoms with Crippen LogP contribution in [0.4, 0.5) is 5.82 Å². The number of nitrogen functional groups attached to an aromatic ring is 1. The molecule has 5 heteroatoms. The average Bonchev–Trinajstić information content (AvgIpc) is 2.69. The van der Waals surface area contributed by atoms with E-state index in [9.17, 15) is 0 Å². The van der Waals surface area contributed by atoms with Gasteiger partial charge >= 0.3 is 0 Å². The van der Waals surface area contributed by atoms with Crippen molar-refractivity contribution in [2.24, 2.45) is 0 Å². The van der Waals surface area contributed by atoms with Crippen LogP contribution in [0.1, 0.15) is 0 Å². The molecule has 2 heterocycles. The first-order valence-electron chi connectivity index (χ1n) is 5.35. The second-order valence-electron chi connectivity index (χ2n) is 3.91. The molecule has 2 N–H and O–H groups in total. The summed E-state index contributed by atoms with van der Waals surface area (Å²) < 4.78 is 2.95. The lowest BCUT2D eigenvalue weighted by Gasteiger charge is -2.00. The van der Waals surface area contributed by atoms with Crippen LogP contribution in [-0.2, 0) is 0 Å². The normalized spacial score (nSPS) is 11.0. The number of nitrogens with two attached hydrogens (primary N) is 1. The summed E-state index contributed by atoms with van der Waals surface area (Å²) in [6.07, 6.45) is 1.86. The third-order valence-corrected chi connectivity index (χ3v) is 3.70. The second-order valence-corrected chi connectivity index (χ2v) is 5.56. The van der Waals surface area contributed by atoms with E-state index in [1.54, 1.807) is 4.40 Å². The molecule has 0 saturated carbocycles. The number of benzene rings is 1. The zero-order valence-electron chi connectivity index (χ0n) is 9.27. The quantitative estimate of drug-likeness (QED) is 0.662. The Morgan fingerprint density at radius 1 is 1.22 bits per heavy atom. The van der Waals surface area contributed by atoms with E-state index in [-0.39, 0.29) is 0 Å². The highest BCUT2D eigenvalue weighted by Gasteiger charge is 2.12. The standard InChI is InChI=1S/C13H9ClIN3/c14-10-5-2-6-18-12(16)11(17-13(10)18)8-3-1-4-9(15)7-8/h1-7H,16H2. The zero-order chi connectivity index (χ0) is 12.7. The lowest BCUT2D eigenvalue weighted by Crippen LogP contribution is -1.93. The van der Waals surface area contributed by atoms with E-state index in [0.717, 1.165) is 14.8 Å². The lowest BCUT2D eigenvalue weighted by atomic mass is 10.1. The van der Waals surface area contributed by atoms with Crippen LogP contribution < -0.4 is 5.73 Å². The van der Waals surface area contributed by atoms with Crippen LogP contribution in [0.2, 0.25) is 5.02 Å². The zero-order valence-corrected chi connectivity index (χ0v) is 12.2. The van der Waals surface area contributed by atoms with Crippen molar-refractivity contribution < 1.29 is 0 Å². The molecular weight excluding hydrogens is 361 g/mol. The van der Waals surface area contributed by atoms with Crippen molar-refractivity contribution in [1.82, 2.24) is 9.38 Å². The van der Waals surface area contributed by atoms with Crippen LogP contribution in [0.3, 0.4) is 0 Å². The van der Waals surface area contributed by atoms with Crippen LogP contribution in [0.15, 0.2) is 42.6 Å². The maximum atomic E-state index is 6.13. The fraction of sp³-hybridized carbons (Fsp3) is 0. The molecule has 0 amide bonds. The number of hydrogen-bond donors (Lipinski definition) is 1. The monoisotopic (exact) mass is 369 g/mol. The fourth-order valence-electron chi connectivity index (χ4n) is 1.90. The third kappa shape index (κ3) is 1.85. The molecule has 0 radical (unpaired) electrons. The molecule has 0 aliphatic rings. The smallest absolute Gasteiger partial charge is 0.157 e. The summed E-state index contributed by atoms with van der Waals surface area (Å²) in [7, 11) is 0. The van der Waals surface area contributed by atoms with E-state index >= 15 is 0 Å². The molecule has 0 unspecified atom stereocenters. The first kappa shape index (κ1) is 11.8. The molecular formula is C13H9ClIN3. The number of rotatable bonds is 1. The molecule has 2 aromatic heterocycles. The van der Waals surface area contributed by atoms with Gasteiger partial charge in [0.25, 0.3) is 0 Å². The summed E-state index contributed by atoms with van der Waals surface area (Å²) in [6.45, 7) is 0. The molecule has 0 spiro atoms. The topological polar surface area (TPSA) is 43.3 Å². The van der Waals surface area contributed by atoms with Gasteiger partial charge in [-0.25, -0.2) is 4.98 Å². The minimum atomic E-state index is 0.598. The van der Waals surface area contributed by atoms with E-state index in [1.165, 1.54) is 0 Å². The van der Waals surface area contributed by atoms with Crippen LogP contribution in [0.5, 0.6) is 0 Å². The average molecular weight is 370 g/mol. The highest BCUT2D eigenvalue weighted by atomic mass is 127. The van der Waals surface area contributed by atoms with Gasteiger partial charge in [-0.1, -0.05) is 23.7 Å². The van der Waals surface area contributed by atoms with Gasteiger partial charge in [-0.05, 0) is 46.9 Å². The van der Waals surface area contributed by atoms with Gasteiger partial charge in [-0.3, -0.25) is 4.40 Å². The van der Waals surface area contributed by atoms with E-state index in [2.05, 4.69) is 27.6 Å². The molecule has 0 saturated heterocycles. The molecule has 0 aliphatic carbocycles. The summed E-state index contributed by atoms with van der Waals surface area (Å²) in [4.78, 5) is 4.53. The summed E-state index contributed by atoms with van der Waals surface area (Å²) >= 11 is 8.39. The number of anilines is 1. The van der Waals surface area contributed by atoms with E-state index in [0.29, 0.717) is 16.5 Å². The van der Waals surface area contributed by atoms with E-state index in [4.69, 9.17) is 17.3 Å². The Hall–Kier alpha value is -1.27. The van der Waals surface area contributed by atoms with Crippen LogP contribution in [-0.4, -0.2) is 9.38 Å². The first-order chi connectivity index (χ1) is 8.66. The highest BCUT2D eigenvalue weighted by Crippen LogP contribution is 2.29. The number of pyridine rings is 1. The van der Waals surface area contributed by atoms with Gasteiger partial charge in [-0.15, -0.1) is 0 Å². The number of halogens is 2. The van der Waals surface area contributed by atoms with E-state index < -0.39 is 0 Å². The lowest BCUT2D eigenvalue weighted by molar-refractivity contribution is 1.20. The molecule has 18 heavy (non-hydrogen) atoms. The number of imidazole rings is 1. The van der Waals surface area contributed by atoms with Crippen LogP contribution in [0.25, 0.3) is 16.9 Å². The predicted molar refractivity (Wildman–Crippen MR) is 82.8 cm³/mol. The minimum Gasteiger partial charge on any atom is -0.383 e. The summed E-state index contributed by atoms with van der Waals surface area (Å²) in [5.41, 5.74) is 8.58. The number of aromatic nitrogens is 2. The molecule has 90 valence electrons. The van der Waals surface area contributed by atoms with Crippen molar-refractivity contribution in [2.75, 3.05) is 5.73 Å². The Bertz CT molecular complexity index is 736. The predicted octanol–water partition coefficient (Wildman–Crippen LogP) is 3.84. The van der Waals surface area contributed by atoms with Crippen LogP contribution in [0, 0.1) is 3.57 Å². The molecule has 3 rings (SSSR count). The number of fused-ring (bicyclic) bond motifs is 1. The largest absolute Gasteiger partial charge is 0.383 e. The van der Waals surface area contributed by atoms with Crippen LogP contribution >= 0.6 is 34.2 Å². The molecule has 3 aromatic rings. The van der Waals surface area contributed by atoms with Gasteiger partial charge in [-0.2, -0.15) is 0 Å². The highest BCUT2D eigenvalue weighted by molar-refractivity contribution is 14.1. The summed E-state index contributed by atoms with van der Waals surface area (Å²) in [5, 5.41) is 0.598. The molecule has 0 bridgehead atoms.